The van der Waals surface area contributed by atoms with Crippen LogP contribution < -0.4 is 10.6 Å². The molecule has 2 aliphatic carbocycles. The van der Waals surface area contributed by atoms with Crippen molar-refractivity contribution in [1.82, 2.24) is 10.6 Å². The number of amides is 1. The summed E-state index contributed by atoms with van der Waals surface area (Å²) >= 11 is 1.96. The number of nitrogens with one attached hydrogen (secondary N) is 2. The number of hydrogen-bond donors (Lipinski definition) is 2. The van der Waals surface area contributed by atoms with Gasteiger partial charge in [-0.05, 0) is 37.5 Å². The van der Waals surface area contributed by atoms with E-state index in [1.54, 1.807) is 0 Å². The third kappa shape index (κ3) is 4.04. The molecule has 3 aliphatic rings. The molecule has 0 spiro atoms. The lowest BCUT2D eigenvalue weighted by Crippen LogP contribution is -2.44. The second kappa shape index (κ2) is 6.49. The lowest BCUT2D eigenvalue weighted by Gasteiger charge is -2.24. The molecule has 1 aliphatic heterocycles. The highest BCUT2D eigenvalue weighted by Crippen LogP contribution is 2.44. The summed E-state index contributed by atoms with van der Waals surface area (Å²) in [6.07, 6.45) is 6.00. The fourth-order valence-corrected chi connectivity index (χ4v) is 3.70. The second-order valence-electron chi connectivity index (χ2n) is 5.70. The number of thioether (sulfide) groups is 1. The molecule has 3 fully saturated rings. The van der Waals surface area contributed by atoms with E-state index in [-0.39, 0.29) is 18.3 Å². The van der Waals surface area contributed by atoms with Gasteiger partial charge in [0, 0.05) is 36.6 Å². The average molecular weight is 291 g/mol. The summed E-state index contributed by atoms with van der Waals surface area (Å²) in [6, 6.07) is 0.909. The van der Waals surface area contributed by atoms with Gasteiger partial charge in [0.2, 0.25) is 5.91 Å². The van der Waals surface area contributed by atoms with E-state index in [1.165, 1.54) is 31.4 Å². The first-order chi connectivity index (χ1) is 8.33. The van der Waals surface area contributed by atoms with Crippen LogP contribution in [0.1, 0.15) is 32.1 Å². The third-order valence-corrected chi connectivity index (χ3v) is 5.15. The Kier molecular flexibility index (Phi) is 5.22. The van der Waals surface area contributed by atoms with E-state index >= 15 is 0 Å². The van der Waals surface area contributed by atoms with Crippen molar-refractivity contribution in [1.29, 1.82) is 0 Å². The molecule has 0 aromatic heterocycles. The minimum absolute atomic E-state index is 0. The Balaban J connectivity index is 0.00000120. The molecular formula is C13H23ClN2OS. The number of carbonyl (C=O) groups is 1. The fraction of sp³-hybridized carbons (Fsp3) is 0.923. The first-order valence-corrected chi connectivity index (χ1v) is 8.09. The summed E-state index contributed by atoms with van der Waals surface area (Å²) < 4.78 is 0. The first kappa shape index (κ1) is 14.5. The zero-order valence-corrected chi connectivity index (χ0v) is 12.3. The zero-order valence-electron chi connectivity index (χ0n) is 10.7. The zero-order chi connectivity index (χ0) is 11.7. The van der Waals surface area contributed by atoms with Gasteiger partial charge in [-0.15, -0.1) is 12.4 Å². The minimum atomic E-state index is 0. The molecule has 2 saturated carbocycles. The molecule has 3 rings (SSSR count). The van der Waals surface area contributed by atoms with Gasteiger partial charge in [0.15, 0.2) is 0 Å². The van der Waals surface area contributed by atoms with Crippen molar-refractivity contribution in [2.24, 2.45) is 11.8 Å². The van der Waals surface area contributed by atoms with E-state index < -0.39 is 0 Å². The van der Waals surface area contributed by atoms with Gasteiger partial charge >= 0.3 is 0 Å². The van der Waals surface area contributed by atoms with Crippen LogP contribution in [0.4, 0.5) is 0 Å². The van der Waals surface area contributed by atoms with Crippen LogP contribution in [-0.4, -0.2) is 36.0 Å². The summed E-state index contributed by atoms with van der Waals surface area (Å²) in [4.78, 5) is 12.0. The van der Waals surface area contributed by atoms with E-state index in [9.17, 15) is 4.79 Å². The average Bonchev–Trinajstić information content (AvgIpc) is 3.19. The van der Waals surface area contributed by atoms with Crippen molar-refractivity contribution in [2.75, 3.05) is 18.1 Å². The number of hydrogen-bond acceptors (Lipinski definition) is 3. The molecule has 1 amide bonds. The smallest absolute Gasteiger partial charge is 0.221 e. The molecule has 0 radical (unpaired) electrons. The highest BCUT2D eigenvalue weighted by molar-refractivity contribution is 7.99. The quantitative estimate of drug-likeness (QED) is 0.811. The summed E-state index contributed by atoms with van der Waals surface area (Å²) in [7, 11) is 0. The Morgan fingerprint density at radius 2 is 1.94 bits per heavy atom. The molecule has 5 heteroatoms. The third-order valence-electron chi connectivity index (χ3n) is 4.02. The van der Waals surface area contributed by atoms with Crippen molar-refractivity contribution >= 4 is 30.1 Å². The van der Waals surface area contributed by atoms with Crippen LogP contribution in [0.2, 0.25) is 0 Å². The van der Waals surface area contributed by atoms with E-state index in [0.29, 0.717) is 18.5 Å². The van der Waals surface area contributed by atoms with Crippen LogP contribution in [0, 0.1) is 11.8 Å². The van der Waals surface area contributed by atoms with E-state index in [1.807, 2.05) is 11.8 Å². The molecule has 18 heavy (non-hydrogen) atoms. The Hall–Kier alpha value is 0.0700. The molecule has 1 unspecified atom stereocenters. The van der Waals surface area contributed by atoms with Crippen LogP contribution >= 0.6 is 24.2 Å². The Morgan fingerprint density at radius 1 is 1.28 bits per heavy atom. The van der Waals surface area contributed by atoms with Gasteiger partial charge in [-0.25, -0.2) is 0 Å². The van der Waals surface area contributed by atoms with Crippen LogP contribution in [0.5, 0.6) is 0 Å². The van der Waals surface area contributed by atoms with Gasteiger partial charge < -0.3 is 10.6 Å². The van der Waals surface area contributed by atoms with Gasteiger partial charge in [-0.1, -0.05) is 0 Å². The molecule has 0 aromatic carbocycles. The standard InChI is InChI=1S/C13H22N2OS.ClH/c16-12(7-11-8-17-6-5-14-11)15-13(9-1-2-9)10-3-4-10;/h9-11,13-14H,1-8H2,(H,15,16);1H. The van der Waals surface area contributed by atoms with Crippen LogP contribution in [0.25, 0.3) is 0 Å². The monoisotopic (exact) mass is 290 g/mol. The second-order valence-corrected chi connectivity index (χ2v) is 6.85. The van der Waals surface area contributed by atoms with Crippen LogP contribution in [0.3, 0.4) is 0 Å². The maximum atomic E-state index is 12.0. The van der Waals surface area contributed by atoms with E-state index in [2.05, 4.69) is 10.6 Å². The van der Waals surface area contributed by atoms with Gasteiger partial charge in [0.05, 0.1) is 0 Å². The fourth-order valence-electron chi connectivity index (χ4n) is 2.75. The molecule has 1 heterocycles. The summed E-state index contributed by atoms with van der Waals surface area (Å²) in [5.74, 6) is 4.16. The Bertz CT molecular complexity index is 277. The van der Waals surface area contributed by atoms with Gasteiger partial charge in [0.1, 0.15) is 0 Å². The topological polar surface area (TPSA) is 41.1 Å². The van der Waals surface area contributed by atoms with Crippen molar-refractivity contribution in [3.8, 4) is 0 Å². The molecule has 3 nitrogen and oxygen atoms in total. The molecule has 1 atom stereocenters. The summed E-state index contributed by atoms with van der Waals surface area (Å²) in [5, 5.41) is 6.73. The maximum Gasteiger partial charge on any atom is 0.221 e. The maximum absolute atomic E-state index is 12.0. The molecule has 0 aromatic rings. The highest BCUT2D eigenvalue weighted by atomic mass is 35.5. The predicted octanol–water partition coefficient (Wildman–Crippen LogP) is 1.81. The Labute approximate surface area is 120 Å². The largest absolute Gasteiger partial charge is 0.353 e. The number of halogens is 1. The lowest BCUT2D eigenvalue weighted by atomic mass is 10.1. The van der Waals surface area contributed by atoms with E-state index in [0.717, 1.165) is 24.1 Å². The SMILES string of the molecule is Cl.O=C(CC1CSCCN1)NC(C1CC1)C1CC1. The normalized spacial score (nSPS) is 27.7. The van der Waals surface area contributed by atoms with Gasteiger partial charge in [0.25, 0.3) is 0 Å². The lowest BCUT2D eigenvalue weighted by molar-refractivity contribution is -0.122. The summed E-state index contributed by atoms with van der Waals surface area (Å²) in [5.41, 5.74) is 0. The Morgan fingerprint density at radius 3 is 2.44 bits per heavy atom. The van der Waals surface area contributed by atoms with Gasteiger partial charge in [-0.3, -0.25) is 4.79 Å². The van der Waals surface area contributed by atoms with Crippen molar-refractivity contribution < 1.29 is 4.79 Å². The minimum Gasteiger partial charge on any atom is -0.353 e. The van der Waals surface area contributed by atoms with Gasteiger partial charge in [-0.2, -0.15) is 11.8 Å². The molecular weight excluding hydrogens is 268 g/mol. The summed E-state index contributed by atoms with van der Waals surface area (Å²) in [6.45, 7) is 1.05. The van der Waals surface area contributed by atoms with Crippen molar-refractivity contribution in [3.63, 3.8) is 0 Å². The van der Waals surface area contributed by atoms with Crippen molar-refractivity contribution in [2.45, 2.75) is 44.2 Å². The first-order valence-electron chi connectivity index (χ1n) is 6.93. The predicted molar refractivity (Wildman–Crippen MR) is 78.4 cm³/mol. The van der Waals surface area contributed by atoms with Crippen LogP contribution in [0.15, 0.2) is 0 Å². The number of carbonyl (C=O) groups excluding carboxylic acids is 1. The highest BCUT2D eigenvalue weighted by Gasteiger charge is 2.42. The van der Waals surface area contributed by atoms with Crippen LogP contribution in [-0.2, 0) is 4.79 Å². The molecule has 104 valence electrons. The molecule has 0 bridgehead atoms. The molecule has 1 saturated heterocycles. The van der Waals surface area contributed by atoms with E-state index in [4.69, 9.17) is 0 Å². The van der Waals surface area contributed by atoms with Crippen molar-refractivity contribution in [3.05, 3.63) is 0 Å². The number of rotatable bonds is 5. The molecule has 2 N–H and O–H groups in total.